The van der Waals surface area contributed by atoms with Crippen LogP contribution in [0.4, 0.5) is 0 Å². The molecule has 23 heavy (non-hydrogen) atoms. The number of benzene rings is 1. The van der Waals surface area contributed by atoms with E-state index in [2.05, 4.69) is 5.10 Å². The fraction of sp³-hybridized carbons (Fsp3) is 0.375. The van der Waals surface area contributed by atoms with Gasteiger partial charge in [0.1, 0.15) is 0 Å². The third-order valence-electron chi connectivity index (χ3n) is 4.03. The number of nitrogens with zero attached hydrogens (tertiary/aromatic N) is 3. The van der Waals surface area contributed by atoms with Crippen molar-refractivity contribution in [3.05, 3.63) is 48.3 Å². The lowest BCUT2D eigenvalue weighted by Gasteiger charge is -2.19. The summed E-state index contributed by atoms with van der Waals surface area (Å²) in [5.41, 5.74) is 1.86. The lowest BCUT2D eigenvalue weighted by atomic mass is 10.1. The van der Waals surface area contributed by atoms with E-state index in [4.69, 9.17) is 0 Å². The van der Waals surface area contributed by atoms with Crippen LogP contribution in [0.3, 0.4) is 0 Å². The molecule has 0 spiro atoms. The summed E-state index contributed by atoms with van der Waals surface area (Å²) in [5, 5.41) is 4.30. The van der Waals surface area contributed by atoms with Crippen molar-refractivity contribution in [2.45, 2.75) is 13.0 Å². The summed E-state index contributed by atoms with van der Waals surface area (Å²) in [7, 11) is -1.34. The smallest absolute Gasteiger partial charge is 0.226 e. The second-order valence-electron chi connectivity index (χ2n) is 5.92. The molecule has 0 radical (unpaired) electrons. The quantitative estimate of drug-likeness (QED) is 0.844. The molecule has 1 fully saturated rings. The SMILES string of the molecule is CN(Cc1cnn(-c2ccccc2)c1)C(=O)[C@H]1CCS(=O)(=O)C1. The van der Waals surface area contributed by atoms with Crippen molar-refractivity contribution in [1.29, 1.82) is 0 Å². The van der Waals surface area contributed by atoms with E-state index in [1.165, 1.54) is 0 Å². The Morgan fingerprint density at radius 1 is 1.35 bits per heavy atom. The first-order valence-corrected chi connectivity index (χ1v) is 9.31. The summed E-state index contributed by atoms with van der Waals surface area (Å²) in [6.07, 6.45) is 4.03. The summed E-state index contributed by atoms with van der Waals surface area (Å²) in [6.45, 7) is 0.419. The van der Waals surface area contributed by atoms with E-state index in [0.717, 1.165) is 11.3 Å². The van der Waals surface area contributed by atoms with E-state index < -0.39 is 15.8 Å². The monoisotopic (exact) mass is 333 g/mol. The van der Waals surface area contributed by atoms with Gasteiger partial charge in [-0.1, -0.05) is 18.2 Å². The minimum atomic E-state index is -3.04. The zero-order chi connectivity index (χ0) is 16.4. The van der Waals surface area contributed by atoms with Gasteiger partial charge < -0.3 is 4.90 Å². The van der Waals surface area contributed by atoms with Gasteiger partial charge in [0.15, 0.2) is 9.84 Å². The average molecular weight is 333 g/mol. The lowest BCUT2D eigenvalue weighted by Crippen LogP contribution is -2.33. The summed E-state index contributed by atoms with van der Waals surface area (Å²) < 4.78 is 24.8. The number of amides is 1. The molecule has 3 rings (SSSR count). The maximum absolute atomic E-state index is 12.3. The normalized spacial score (nSPS) is 19.6. The van der Waals surface area contributed by atoms with Crippen molar-refractivity contribution >= 4 is 15.7 Å². The third-order valence-corrected chi connectivity index (χ3v) is 5.80. The highest BCUT2D eigenvalue weighted by Crippen LogP contribution is 2.21. The Morgan fingerprint density at radius 3 is 2.74 bits per heavy atom. The molecule has 1 aromatic heterocycles. The Labute approximate surface area is 135 Å². The topological polar surface area (TPSA) is 72.3 Å². The highest BCUT2D eigenvalue weighted by atomic mass is 32.2. The van der Waals surface area contributed by atoms with Crippen molar-refractivity contribution in [3.63, 3.8) is 0 Å². The number of sulfone groups is 1. The van der Waals surface area contributed by atoms with Crippen LogP contribution in [-0.2, 0) is 21.2 Å². The number of aromatic nitrogens is 2. The van der Waals surface area contributed by atoms with Gasteiger partial charge in [0.2, 0.25) is 5.91 Å². The molecule has 0 saturated carbocycles. The summed E-state index contributed by atoms with van der Waals surface area (Å²) in [6, 6.07) is 9.72. The van der Waals surface area contributed by atoms with Gasteiger partial charge >= 0.3 is 0 Å². The first kappa shape index (κ1) is 15.7. The van der Waals surface area contributed by atoms with E-state index in [1.807, 2.05) is 36.5 Å². The predicted octanol–water partition coefficient (Wildman–Crippen LogP) is 1.27. The first-order chi connectivity index (χ1) is 10.9. The van der Waals surface area contributed by atoms with Gasteiger partial charge in [-0.05, 0) is 18.6 Å². The Balaban J connectivity index is 1.65. The van der Waals surface area contributed by atoms with E-state index in [9.17, 15) is 13.2 Å². The Morgan fingerprint density at radius 2 is 2.09 bits per heavy atom. The molecule has 1 aromatic carbocycles. The molecular formula is C16H19N3O3S. The molecule has 7 heteroatoms. The van der Waals surface area contributed by atoms with Crippen LogP contribution in [0, 0.1) is 5.92 Å². The molecule has 1 amide bonds. The maximum atomic E-state index is 12.3. The van der Waals surface area contributed by atoms with Crippen LogP contribution in [0.2, 0.25) is 0 Å². The van der Waals surface area contributed by atoms with E-state index in [1.54, 1.807) is 22.8 Å². The third kappa shape index (κ3) is 3.61. The second-order valence-corrected chi connectivity index (χ2v) is 8.15. The molecule has 0 bridgehead atoms. The lowest BCUT2D eigenvalue weighted by molar-refractivity contribution is -0.133. The summed E-state index contributed by atoms with van der Waals surface area (Å²) >= 11 is 0. The minimum Gasteiger partial charge on any atom is -0.341 e. The molecule has 0 unspecified atom stereocenters. The average Bonchev–Trinajstić information content (AvgIpc) is 3.14. The molecule has 1 aliphatic rings. The van der Waals surface area contributed by atoms with Crippen LogP contribution < -0.4 is 0 Å². The zero-order valence-corrected chi connectivity index (χ0v) is 13.7. The van der Waals surface area contributed by atoms with Crippen LogP contribution >= 0.6 is 0 Å². The number of para-hydroxylation sites is 1. The van der Waals surface area contributed by atoms with Gasteiger partial charge in [-0.25, -0.2) is 13.1 Å². The van der Waals surface area contributed by atoms with Crippen LogP contribution in [0.25, 0.3) is 5.69 Å². The molecule has 2 aromatic rings. The molecule has 1 atom stereocenters. The van der Waals surface area contributed by atoms with Crippen molar-refractivity contribution in [3.8, 4) is 5.69 Å². The van der Waals surface area contributed by atoms with Crippen molar-refractivity contribution in [2.24, 2.45) is 5.92 Å². The van der Waals surface area contributed by atoms with E-state index in [0.29, 0.717) is 13.0 Å². The van der Waals surface area contributed by atoms with Gasteiger partial charge in [-0.3, -0.25) is 4.79 Å². The second kappa shape index (κ2) is 6.16. The van der Waals surface area contributed by atoms with Crippen molar-refractivity contribution in [1.82, 2.24) is 14.7 Å². The molecule has 2 heterocycles. The van der Waals surface area contributed by atoms with Gasteiger partial charge in [0.25, 0.3) is 0 Å². The zero-order valence-electron chi connectivity index (χ0n) is 12.9. The molecule has 6 nitrogen and oxygen atoms in total. The van der Waals surface area contributed by atoms with Gasteiger partial charge in [-0.2, -0.15) is 5.10 Å². The van der Waals surface area contributed by atoms with Crippen molar-refractivity contribution in [2.75, 3.05) is 18.6 Å². The standard InChI is InChI=1S/C16H19N3O3S/c1-18(16(20)14-7-8-23(21,22)12-14)10-13-9-17-19(11-13)15-5-3-2-4-6-15/h2-6,9,11,14H,7-8,10,12H2,1H3/t14-/m0/s1. The van der Waals surface area contributed by atoms with Crippen LogP contribution in [0.15, 0.2) is 42.7 Å². The number of carbonyl (C=O) groups excluding carboxylic acids is 1. The maximum Gasteiger partial charge on any atom is 0.226 e. The molecule has 0 aliphatic carbocycles. The number of carbonyl (C=O) groups is 1. The molecule has 0 N–H and O–H groups in total. The predicted molar refractivity (Wildman–Crippen MR) is 86.8 cm³/mol. The van der Waals surface area contributed by atoms with Gasteiger partial charge in [0, 0.05) is 25.4 Å². The summed E-state index contributed by atoms with van der Waals surface area (Å²) in [5.74, 6) is -0.435. The molecule has 1 saturated heterocycles. The summed E-state index contributed by atoms with van der Waals surface area (Å²) in [4.78, 5) is 13.9. The minimum absolute atomic E-state index is 0.0283. The fourth-order valence-electron chi connectivity index (χ4n) is 2.82. The van der Waals surface area contributed by atoms with Crippen LogP contribution in [-0.4, -0.2) is 47.6 Å². The van der Waals surface area contributed by atoms with Crippen LogP contribution in [0.1, 0.15) is 12.0 Å². The van der Waals surface area contributed by atoms with E-state index >= 15 is 0 Å². The Bertz CT molecular complexity index is 799. The Hall–Kier alpha value is -2.15. The number of rotatable bonds is 4. The van der Waals surface area contributed by atoms with E-state index in [-0.39, 0.29) is 17.4 Å². The number of hydrogen-bond acceptors (Lipinski definition) is 4. The highest BCUT2D eigenvalue weighted by Gasteiger charge is 2.34. The fourth-order valence-corrected chi connectivity index (χ4v) is 4.55. The van der Waals surface area contributed by atoms with Crippen molar-refractivity contribution < 1.29 is 13.2 Å². The molecular weight excluding hydrogens is 314 g/mol. The van der Waals surface area contributed by atoms with Crippen LogP contribution in [0.5, 0.6) is 0 Å². The van der Waals surface area contributed by atoms with Gasteiger partial charge in [0.05, 0.1) is 29.3 Å². The van der Waals surface area contributed by atoms with Gasteiger partial charge in [-0.15, -0.1) is 0 Å². The molecule has 1 aliphatic heterocycles. The first-order valence-electron chi connectivity index (χ1n) is 7.49. The number of hydrogen-bond donors (Lipinski definition) is 0. The Kier molecular flexibility index (Phi) is 4.21. The molecule has 122 valence electrons. The largest absolute Gasteiger partial charge is 0.341 e. The highest BCUT2D eigenvalue weighted by molar-refractivity contribution is 7.91.